The van der Waals surface area contributed by atoms with Gasteiger partial charge in [-0.15, -0.1) is 5.10 Å². The van der Waals surface area contributed by atoms with Crippen molar-refractivity contribution in [2.45, 2.75) is 0 Å². The molecule has 1 N–H and O–H groups in total. The summed E-state index contributed by atoms with van der Waals surface area (Å²) in [6.45, 7) is 0. The molecule has 0 fully saturated rings. The molecule has 1 radical (unpaired) electrons. The third kappa shape index (κ3) is 1.31. The van der Waals surface area contributed by atoms with E-state index in [1.165, 1.54) is 0 Å². The molecule has 0 saturated heterocycles. The number of halogens is 1. The highest BCUT2D eigenvalue weighted by molar-refractivity contribution is 6.30. The Bertz CT molecular complexity index is 352. The Morgan fingerprint density at radius 3 is 2.92 bits per heavy atom. The van der Waals surface area contributed by atoms with Crippen molar-refractivity contribution in [3.05, 3.63) is 35.5 Å². The molecule has 2 rings (SSSR count). The average molecular weight is 179 g/mol. The lowest BCUT2D eigenvalue weighted by molar-refractivity contribution is 0.942. The third-order valence-electron chi connectivity index (χ3n) is 1.47. The molecule has 0 spiro atoms. The number of aromatic amines is 1. The van der Waals surface area contributed by atoms with E-state index < -0.39 is 0 Å². The van der Waals surface area contributed by atoms with Crippen LogP contribution in [0.5, 0.6) is 0 Å². The van der Waals surface area contributed by atoms with Gasteiger partial charge in [-0.25, -0.2) is 0 Å². The lowest BCUT2D eigenvalue weighted by atomic mass is 10.2. The summed E-state index contributed by atoms with van der Waals surface area (Å²) in [7, 11) is 0. The van der Waals surface area contributed by atoms with Gasteiger partial charge in [0.05, 0.1) is 6.20 Å². The number of rotatable bonds is 1. The van der Waals surface area contributed by atoms with Crippen LogP contribution in [0.3, 0.4) is 0 Å². The van der Waals surface area contributed by atoms with E-state index in [9.17, 15) is 0 Å². The number of aromatic nitrogens is 3. The third-order valence-corrected chi connectivity index (χ3v) is 1.70. The number of nitrogens with zero attached hydrogens (tertiary/aromatic N) is 2. The zero-order valence-corrected chi connectivity index (χ0v) is 6.84. The Morgan fingerprint density at radius 2 is 2.33 bits per heavy atom. The van der Waals surface area contributed by atoms with Crippen molar-refractivity contribution in [2.75, 3.05) is 0 Å². The van der Waals surface area contributed by atoms with E-state index in [0.29, 0.717) is 5.02 Å². The fourth-order valence-corrected chi connectivity index (χ4v) is 1.02. The molecule has 1 aromatic heterocycles. The average Bonchev–Trinajstić information content (AvgIpc) is 2.58. The van der Waals surface area contributed by atoms with Gasteiger partial charge in [-0.2, -0.15) is 0 Å². The van der Waals surface area contributed by atoms with Crippen LogP contribution in [-0.2, 0) is 0 Å². The van der Waals surface area contributed by atoms with Crippen LogP contribution in [0.25, 0.3) is 11.3 Å². The fraction of sp³-hybridized carbons (Fsp3) is 0. The largest absolute Gasteiger partial charge is 0.265 e. The molecule has 0 aliphatic rings. The molecular formula is C8H5ClN3. The second-order valence-corrected chi connectivity index (χ2v) is 2.72. The van der Waals surface area contributed by atoms with E-state index >= 15 is 0 Å². The first-order valence-corrected chi connectivity index (χ1v) is 3.78. The molecule has 0 aliphatic heterocycles. The normalized spacial score (nSPS) is 10.1. The van der Waals surface area contributed by atoms with Crippen LogP contribution in [0.15, 0.2) is 24.4 Å². The molecule has 0 bridgehead atoms. The first kappa shape index (κ1) is 7.31. The van der Waals surface area contributed by atoms with Crippen LogP contribution in [0.2, 0.25) is 5.02 Å². The van der Waals surface area contributed by atoms with Crippen molar-refractivity contribution in [3.8, 4) is 11.3 Å². The van der Waals surface area contributed by atoms with E-state index in [1.54, 1.807) is 18.3 Å². The summed E-state index contributed by atoms with van der Waals surface area (Å²) in [6, 6.07) is 8.33. The van der Waals surface area contributed by atoms with E-state index in [2.05, 4.69) is 21.5 Å². The highest BCUT2D eigenvalue weighted by Crippen LogP contribution is 2.16. The van der Waals surface area contributed by atoms with Crippen molar-refractivity contribution in [3.63, 3.8) is 0 Å². The molecule has 0 aliphatic carbocycles. The summed E-state index contributed by atoms with van der Waals surface area (Å²) in [5.74, 6) is 0. The van der Waals surface area contributed by atoms with Crippen molar-refractivity contribution >= 4 is 11.6 Å². The summed E-state index contributed by atoms with van der Waals surface area (Å²) in [5.41, 5.74) is 1.65. The Balaban J connectivity index is 2.43. The number of nitrogens with one attached hydrogen (secondary N) is 1. The van der Waals surface area contributed by atoms with Gasteiger partial charge in [0, 0.05) is 10.6 Å². The van der Waals surface area contributed by atoms with E-state index in [-0.39, 0.29) is 0 Å². The summed E-state index contributed by atoms with van der Waals surface area (Å²) in [5, 5.41) is 10.7. The molecule has 1 aromatic carbocycles. The lowest BCUT2D eigenvalue weighted by Gasteiger charge is -1.92. The van der Waals surface area contributed by atoms with E-state index in [4.69, 9.17) is 11.6 Å². The van der Waals surface area contributed by atoms with Gasteiger partial charge in [-0.05, 0) is 18.2 Å². The molecule has 2 aromatic rings. The molecule has 12 heavy (non-hydrogen) atoms. The minimum Gasteiger partial charge on any atom is -0.265 e. The molecule has 0 saturated carbocycles. The smallest absolute Gasteiger partial charge is 0.113 e. The molecule has 0 atom stereocenters. The SMILES string of the molecule is Clc1c[c]c(-c2c[nH]nn2)cc1. The molecule has 1 heterocycles. The van der Waals surface area contributed by atoms with Gasteiger partial charge in [-0.1, -0.05) is 22.9 Å². The van der Waals surface area contributed by atoms with Crippen LogP contribution in [-0.4, -0.2) is 15.4 Å². The fourth-order valence-electron chi connectivity index (χ4n) is 0.898. The first-order chi connectivity index (χ1) is 5.86. The molecule has 59 valence electrons. The molecule has 4 heteroatoms. The van der Waals surface area contributed by atoms with Crippen LogP contribution in [0.4, 0.5) is 0 Å². The maximum atomic E-state index is 5.70. The summed E-state index contributed by atoms with van der Waals surface area (Å²) in [6.07, 6.45) is 1.71. The van der Waals surface area contributed by atoms with Gasteiger partial charge in [0.2, 0.25) is 0 Å². The number of benzene rings is 1. The number of hydrogen-bond donors (Lipinski definition) is 1. The summed E-state index contributed by atoms with van der Waals surface area (Å²) < 4.78 is 0. The Kier molecular flexibility index (Phi) is 1.80. The summed E-state index contributed by atoms with van der Waals surface area (Å²) in [4.78, 5) is 0. The quantitative estimate of drug-likeness (QED) is 0.725. The maximum Gasteiger partial charge on any atom is 0.113 e. The van der Waals surface area contributed by atoms with Crippen molar-refractivity contribution in [2.24, 2.45) is 0 Å². The van der Waals surface area contributed by atoms with Crippen molar-refractivity contribution in [1.82, 2.24) is 15.4 Å². The van der Waals surface area contributed by atoms with Crippen LogP contribution < -0.4 is 0 Å². The zero-order chi connectivity index (χ0) is 8.39. The van der Waals surface area contributed by atoms with E-state index in [1.807, 2.05) is 6.07 Å². The first-order valence-electron chi connectivity index (χ1n) is 3.40. The van der Waals surface area contributed by atoms with Crippen LogP contribution >= 0.6 is 11.6 Å². The van der Waals surface area contributed by atoms with Gasteiger partial charge in [-0.3, -0.25) is 5.10 Å². The Hall–Kier alpha value is -1.35. The topological polar surface area (TPSA) is 41.6 Å². The zero-order valence-electron chi connectivity index (χ0n) is 6.08. The monoisotopic (exact) mass is 178 g/mol. The molecular weight excluding hydrogens is 174 g/mol. The van der Waals surface area contributed by atoms with Crippen LogP contribution in [0.1, 0.15) is 0 Å². The van der Waals surface area contributed by atoms with Crippen LogP contribution in [0, 0.1) is 6.07 Å². The highest BCUT2D eigenvalue weighted by Gasteiger charge is 1.99. The van der Waals surface area contributed by atoms with Gasteiger partial charge in [0.25, 0.3) is 0 Å². The van der Waals surface area contributed by atoms with E-state index in [0.717, 1.165) is 11.3 Å². The lowest BCUT2D eigenvalue weighted by Crippen LogP contribution is -1.77. The molecule has 0 unspecified atom stereocenters. The standard InChI is InChI=1S/C8H5ClN3/c9-7-3-1-6(2-4-7)8-5-10-12-11-8/h1,3-5H,(H,10,11,12). The maximum absolute atomic E-state index is 5.70. The predicted molar refractivity (Wildman–Crippen MR) is 45.7 cm³/mol. The van der Waals surface area contributed by atoms with Gasteiger partial charge < -0.3 is 0 Å². The highest BCUT2D eigenvalue weighted by atomic mass is 35.5. The second-order valence-electron chi connectivity index (χ2n) is 2.28. The minimum atomic E-state index is 0.669. The van der Waals surface area contributed by atoms with Gasteiger partial charge in [0.1, 0.15) is 5.69 Å². The van der Waals surface area contributed by atoms with Crippen molar-refractivity contribution in [1.29, 1.82) is 0 Å². The molecule has 3 nitrogen and oxygen atoms in total. The van der Waals surface area contributed by atoms with Gasteiger partial charge in [0.15, 0.2) is 0 Å². The molecule has 0 amide bonds. The Labute approximate surface area is 74.4 Å². The Morgan fingerprint density at radius 1 is 1.42 bits per heavy atom. The van der Waals surface area contributed by atoms with Crippen molar-refractivity contribution < 1.29 is 0 Å². The second kappa shape index (κ2) is 2.95. The van der Waals surface area contributed by atoms with Gasteiger partial charge >= 0.3 is 0 Å². The summed E-state index contributed by atoms with van der Waals surface area (Å²) >= 11 is 5.70. The number of hydrogen-bond acceptors (Lipinski definition) is 2. The number of H-pyrrole nitrogens is 1. The minimum absolute atomic E-state index is 0.669. The predicted octanol–water partition coefficient (Wildman–Crippen LogP) is 1.93.